The first-order valence-corrected chi connectivity index (χ1v) is 5.74. The Kier molecular flexibility index (Phi) is 2.49. The van der Waals surface area contributed by atoms with Crippen molar-refractivity contribution in [3.8, 4) is 0 Å². The maximum absolute atomic E-state index is 4.66. The van der Waals surface area contributed by atoms with Crippen molar-refractivity contribution in [2.24, 2.45) is 0 Å². The molecule has 0 fully saturated rings. The Hall–Kier alpha value is -1.38. The number of aromatic amines is 1. The monoisotopic (exact) mass is 217 g/mol. The van der Waals surface area contributed by atoms with Crippen LogP contribution in [0.15, 0.2) is 12.4 Å². The fourth-order valence-electron chi connectivity index (χ4n) is 1.93. The molecule has 0 atom stereocenters. The summed E-state index contributed by atoms with van der Waals surface area (Å²) in [5.74, 6) is 0.426. The zero-order valence-corrected chi connectivity index (χ0v) is 10.6. The van der Waals surface area contributed by atoms with Gasteiger partial charge in [-0.15, -0.1) is 0 Å². The number of aromatic nitrogens is 3. The molecule has 86 valence electrons. The van der Waals surface area contributed by atoms with Gasteiger partial charge in [-0.25, -0.2) is 9.97 Å². The van der Waals surface area contributed by atoms with E-state index >= 15 is 0 Å². The van der Waals surface area contributed by atoms with E-state index in [1.165, 1.54) is 5.56 Å². The predicted octanol–water partition coefficient (Wildman–Crippen LogP) is 3.38. The quantitative estimate of drug-likeness (QED) is 0.795. The number of H-pyrrole nitrogens is 1. The van der Waals surface area contributed by atoms with Gasteiger partial charge < -0.3 is 4.98 Å². The predicted molar refractivity (Wildman–Crippen MR) is 66.7 cm³/mol. The van der Waals surface area contributed by atoms with Crippen LogP contribution < -0.4 is 0 Å². The van der Waals surface area contributed by atoms with E-state index in [4.69, 9.17) is 0 Å². The van der Waals surface area contributed by atoms with E-state index in [1.807, 2.05) is 0 Å². The van der Waals surface area contributed by atoms with Crippen LogP contribution in [0, 0.1) is 0 Å². The molecule has 0 unspecified atom stereocenters. The molecule has 0 radical (unpaired) electrons. The van der Waals surface area contributed by atoms with E-state index < -0.39 is 0 Å². The minimum Gasteiger partial charge on any atom is -0.343 e. The summed E-state index contributed by atoms with van der Waals surface area (Å²) in [5, 5.41) is 0. The number of hydrogen-bond acceptors (Lipinski definition) is 2. The summed E-state index contributed by atoms with van der Waals surface area (Å²) in [7, 11) is 0. The topological polar surface area (TPSA) is 41.6 Å². The van der Waals surface area contributed by atoms with Gasteiger partial charge in [0.2, 0.25) is 0 Å². The summed E-state index contributed by atoms with van der Waals surface area (Å²) in [6, 6.07) is 2.19. The van der Waals surface area contributed by atoms with Crippen molar-refractivity contribution in [3.63, 3.8) is 0 Å². The Bertz CT molecular complexity index is 503. The third-order valence-corrected chi connectivity index (χ3v) is 2.79. The second-order valence-electron chi connectivity index (χ2n) is 5.60. The highest BCUT2D eigenvalue weighted by molar-refractivity contribution is 5.71. The highest BCUT2D eigenvalue weighted by Gasteiger charge is 2.21. The molecule has 0 saturated carbocycles. The summed E-state index contributed by atoms with van der Waals surface area (Å²) in [5.41, 5.74) is 4.42. The van der Waals surface area contributed by atoms with Gasteiger partial charge in [0.15, 0.2) is 5.65 Å². The van der Waals surface area contributed by atoms with Crippen LogP contribution >= 0.6 is 0 Å². The normalized spacial score (nSPS) is 12.6. The average Bonchev–Trinajstić information content (AvgIpc) is 2.60. The Balaban J connectivity index is 2.72. The van der Waals surface area contributed by atoms with E-state index in [1.54, 1.807) is 6.33 Å². The number of imidazole rings is 1. The third-order valence-electron chi connectivity index (χ3n) is 2.79. The Labute approximate surface area is 96.3 Å². The Morgan fingerprint density at radius 1 is 1.25 bits per heavy atom. The van der Waals surface area contributed by atoms with E-state index in [-0.39, 0.29) is 5.41 Å². The number of nitrogens with one attached hydrogen (secondary N) is 1. The van der Waals surface area contributed by atoms with Gasteiger partial charge in [-0.2, -0.15) is 0 Å². The molecule has 2 aromatic heterocycles. The standard InChI is InChI=1S/C13H19N3/c1-8(2)11-9(13(3,4)5)6-10-12(16-11)15-7-14-10/h6-8H,1-5H3,(H,14,15,16). The van der Waals surface area contributed by atoms with Crippen LogP contribution in [0.25, 0.3) is 11.2 Å². The fourth-order valence-corrected chi connectivity index (χ4v) is 1.93. The molecule has 0 amide bonds. The molecular weight excluding hydrogens is 198 g/mol. The van der Waals surface area contributed by atoms with Gasteiger partial charge in [0, 0.05) is 5.69 Å². The van der Waals surface area contributed by atoms with Crippen molar-refractivity contribution >= 4 is 11.2 Å². The molecule has 2 rings (SSSR count). The minimum absolute atomic E-state index is 0.117. The molecule has 3 nitrogen and oxygen atoms in total. The molecule has 0 aromatic carbocycles. The molecule has 1 N–H and O–H groups in total. The van der Waals surface area contributed by atoms with Crippen LogP contribution in [0.5, 0.6) is 0 Å². The van der Waals surface area contributed by atoms with Gasteiger partial charge >= 0.3 is 0 Å². The smallest absolute Gasteiger partial charge is 0.177 e. The third kappa shape index (κ3) is 1.82. The van der Waals surface area contributed by atoms with E-state index in [0.717, 1.165) is 16.9 Å². The lowest BCUT2D eigenvalue weighted by Gasteiger charge is -2.23. The summed E-state index contributed by atoms with van der Waals surface area (Å²) in [6.45, 7) is 11.0. The molecule has 2 aromatic rings. The molecule has 0 aliphatic carbocycles. The number of pyridine rings is 1. The summed E-state index contributed by atoms with van der Waals surface area (Å²) in [6.07, 6.45) is 1.70. The number of hydrogen-bond donors (Lipinski definition) is 1. The van der Waals surface area contributed by atoms with Crippen molar-refractivity contribution in [2.75, 3.05) is 0 Å². The van der Waals surface area contributed by atoms with Crippen LogP contribution in [0.1, 0.15) is 51.8 Å². The maximum Gasteiger partial charge on any atom is 0.177 e. The van der Waals surface area contributed by atoms with Gasteiger partial charge in [-0.3, -0.25) is 0 Å². The Morgan fingerprint density at radius 2 is 1.94 bits per heavy atom. The van der Waals surface area contributed by atoms with Crippen LogP contribution in [0.3, 0.4) is 0 Å². The average molecular weight is 217 g/mol. The fraction of sp³-hybridized carbons (Fsp3) is 0.538. The maximum atomic E-state index is 4.66. The van der Waals surface area contributed by atoms with Gasteiger partial charge in [0.25, 0.3) is 0 Å². The molecule has 0 saturated heterocycles. The van der Waals surface area contributed by atoms with Crippen molar-refractivity contribution in [1.82, 2.24) is 15.0 Å². The summed E-state index contributed by atoms with van der Waals surface area (Å²) < 4.78 is 0. The zero-order chi connectivity index (χ0) is 11.9. The van der Waals surface area contributed by atoms with Crippen molar-refractivity contribution in [2.45, 2.75) is 46.0 Å². The lowest BCUT2D eigenvalue weighted by atomic mass is 9.83. The van der Waals surface area contributed by atoms with Crippen molar-refractivity contribution in [1.29, 1.82) is 0 Å². The van der Waals surface area contributed by atoms with Gasteiger partial charge in [0.05, 0.1) is 11.8 Å². The second kappa shape index (κ2) is 3.58. The number of nitrogens with zero attached hydrogens (tertiary/aromatic N) is 2. The minimum atomic E-state index is 0.117. The highest BCUT2D eigenvalue weighted by atomic mass is 15.0. The molecular formula is C13H19N3. The molecule has 16 heavy (non-hydrogen) atoms. The molecule has 2 heterocycles. The molecule has 0 aliphatic heterocycles. The van der Waals surface area contributed by atoms with Crippen LogP contribution in [-0.4, -0.2) is 15.0 Å². The van der Waals surface area contributed by atoms with Gasteiger partial charge in [0.1, 0.15) is 0 Å². The van der Waals surface area contributed by atoms with Crippen LogP contribution in [0.4, 0.5) is 0 Å². The molecule has 0 aliphatic rings. The van der Waals surface area contributed by atoms with Gasteiger partial charge in [-0.1, -0.05) is 34.6 Å². The largest absolute Gasteiger partial charge is 0.343 e. The van der Waals surface area contributed by atoms with Gasteiger partial charge in [-0.05, 0) is 23.0 Å². The first kappa shape index (κ1) is 11.1. The Morgan fingerprint density at radius 3 is 2.50 bits per heavy atom. The highest BCUT2D eigenvalue weighted by Crippen LogP contribution is 2.30. The summed E-state index contributed by atoms with van der Waals surface area (Å²) >= 11 is 0. The van der Waals surface area contributed by atoms with Crippen molar-refractivity contribution < 1.29 is 0 Å². The lowest BCUT2D eigenvalue weighted by molar-refractivity contribution is 0.572. The first-order chi connectivity index (χ1) is 7.39. The SMILES string of the molecule is CC(C)c1nc2nc[nH]c2cc1C(C)(C)C. The zero-order valence-electron chi connectivity index (χ0n) is 10.6. The van der Waals surface area contributed by atoms with Crippen LogP contribution in [0.2, 0.25) is 0 Å². The molecule has 0 spiro atoms. The lowest BCUT2D eigenvalue weighted by Crippen LogP contribution is -2.16. The first-order valence-electron chi connectivity index (χ1n) is 5.74. The summed E-state index contributed by atoms with van der Waals surface area (Å²) in [4.78, 5) is 12.0. The van der Waals surface area contributed by atoms with Crippen LogP contribution in [-0.2, 0) is 5.41 Å². The van der Waals surface area contributed by atoms with E-state index in [2.05, 4.69) is 55.6 Å². The molecule has 0 bridgehead atoms. The van der Waals surface area contributed by atoms with E-state index in [9.17, 15) is 0 Å². The second-order valence-corrected chi connectivity index (χ2v) is 5.60. The molecule has 3 heteroatoms. The van der Waals surface area contributed by atoms with E-state index in [0.29, 0.717) is 5.92 Å². The number of rotatable bonds is 1. The number of fused-ring (bicyclic) bond motifs is 1. The van der Waals surface area contributed by atoms with Crippen molar-refractivity contribution in [3.05, 3.63) is 23.7 Å².